The molecule has 4 nitrogen and oxygen atoms in total. The lowest BCUT2D eigenvalue weighted by atomic mass is 10.1. The number of hydrogen-bond acceptors (Lipinski definition) is 4. The Kier molecular flexibility index (Phi) is 5.41. The van der Waals surface area contributed by atoms with E-state index in [-0.39, 0.29) is 11.9 Å². The number of nitrogens with two attached hydrogens (primary N) is 1. The van der Waals surface area contributed by atoms with Gasteiger partial charge in [0.05, 0.1) is 5.69 Å². The van der Waals surface area contributed by atoms with E-state index in [0.29, 0.717) is 15.7 Å². The van der Waals surface area contributed by atoms with Gasteiger partial charge in [-0.3, -0.25) is 4.79 Å². The molecule has 1 amide bonds. The molecule has 0 saturated carbocycles. The van der Waals surface area contributed by atoms with Gasteiger partial charge in [0.15, 0.2) is 5.13 Å². The third kappa shape index (κ3) is 4.34. The van der Waals surface area contributed by atoms with Gasteiger partial charge >= 0.3 is 0 Å². The van der Waals surface area contributed by atoms with Crippen molar-refractivity contribution in [2.75, 3.05) is 5.73 Å². The summed E-state index contributed by atoms with van der Waals surface area (Å²) in [6.07, 6.45) is 4.59. The molecule has 0 saturated heterocycles. The third-order valence-corrected chi connectivity index (χ3v) is 3.62. The van der Waals surface area contributed by atoms with Crippen LogP contribution in [0.15, 0.2) is 0 Å². The van der Waals surface area contributed by atoms with Crippen LogP contribution in [0.5, 0.6) is 0 Å². The fourth-order valence-electron chi connectivity index (χ4n) is 1.69. The quantitative estimate of drug-likeness (QED) is 0.768. The molecule has 0 aliphatic heterocycles. The van der Waals surface area contributed by atoms with Gasteiger partial charge < -0.3 is 11.1 Å². The lowest BCUT2D eigenvalue weighted by molar-refractivity contribution is 0.0941. The van der Waals surface area contributed by atoms with Crippen LogP contribution in [-0.4, -0.2) is 16.9 Å². The number of nitrogens with zero attached hydrogens (tertiary/aromatic N) is 1. The van der Waals surface area contributed by atoms with Gasteiger partial charge in [-0.05, 0) is 20.3 Å². The summed E-state index contributed by atoms with van der Waals surface area (Å²) in [6, 6.07) is 0.205. The zero-order valence-corrected chi connectivity index (χ0v) is 11.6. The van der Waals surface area contributed by atoms with Crippen molar-refractivity contribution in [1.29, 1.82) is 0 Å². The number of thiazole rings is 1. The number of unbranched alkanes of at least 4 members (excludes halogenated alkanes) is 2. The van der Waals surface area contributed by atoms with E-state index in [0.717, 1.165) is 12.8 Å². The molecule has 1 aromatic rings. The van der Waals surface area contributed by atoms with E-state index in [4.69, 9.17) is 5.73 Å². The number of carbonyl (C=O) groups is 1. The highest BCUT2D eigenvalue weighted by Crippen LogP contribution is 2.19. The molecule has 0 aliphatic carbocycles. The average molecular weight is 255 g/mol. The van der Waals surface area contributed by atoms with E-state index in [2.05, 4.69) is 17.2 Å². The molecule has 5 heteroatoms. The number of amides is 1. The molecule has 0 spiro atoms. The second-order valence-electron chi connectivity index (χ2n) is 4.34. The number of aryl methyl sites for hydroxylation is 1. The Morgan fingerprint density at radius 3 is 2.76 bits per heavy atom. The third-order valence-electron chi connectivity index (χ3n) is 2.64. The van der Waals surface area contributed by atoms with E-state index >= 15 is 0 Å². The van der Waals surface area contributed by atoms with Gasteiger partial charge in [-0.25, -0.2) is 4.98 Å². The normalized spacial score (nSPS) is 12.4. The van der Waals surface area contributed by atoms with Gasteiger partial charge in [0, 0.05) is 6.04 Å². The maximum Gasteiger partial charge on any atom is 0.263 e. The van der Waals surface area contributed by atoms with Gasteiger partial charge in [-0.2, -0.15) is 0 Å². The Bertz CT molecular complexity index is 376. The Morgan fingerprint density at radius 1 is 1.53 bits per heavy atom. The fourth-order valence-corrected chi connectivity index (χ4v) is 2.43. The van der Waals surface area contributed by atoms with Crippen LogP contribution in [0.3, 0.4) is 0 Å². The van der Waals surface area contributed by atoms with Crippen molar-refractivity contribution in [3.63, 3.8) is 0 Å². The Morgan fingerprint density at radius 2 is 2.24 bits per heavy atom. The van der Waals surface area contributed by atoms with Gasteiger partial charge in [0.25, 0.3) is 5.91 Å². The molecule has 0 fully saturated rings. The van der Waals surface area contributed by atoms with Crippen molar-refractivity contribution in [3.05, 3.63) is 10.6 Å². The van der Waals surface area contributed by atoms with E-state index in [1.54, 1.807) is 0 Å². The summed E-state index contributed by atoms with van der Waals surface area (Å²) < 4.78 is 0. The second-order valence-corrected chi connectivity index (χ2v) is 5.37. The van der Waals surface area contributed by atoms with Crippen molar-refractivity contribution in [1.82, 2.24) is 10.3 Å². The molecule has 1 heterocycles. The van der Waals surface area contributed by atoms with Crippen LogP contribution < -0.4 is 11.1 Å². The van der Waals surface area contributed by atoms with Crippen LogP contribution in [0, 0.1) is 6.92 Å². The fraction of sp³-hybridized carbons (Fsp3) is 0.667. The molecule has 0 aliphatic rings. The summed E-state index contributed by atoms with van der Waals surface area (Å²) in [5, 5.41) is 3.44. The predicted octanol–water partition coefficient (Wildman–Crippen LogP) is 2.73. The first-order valence-electron chi connectivity index (χ1n) is 6.08. The number of nitrogen functional groups attached to an aromatic ring is 1. The highest BCUT2D eigenvalue weighted by Gasteiger charge is 2.15. The number of hydrogen-bond donors (Lipinski definition) is 2. The van der Waals surface area contributed by atoms with E-state index in [1.165, 1.54) is 24.2 Å². The van der Waals surface area contributed by atoms with Crippen LogP contribution in [0.2, 0.25) is 0 Å². The zero-order valence-electron chi connectivity index (χ0n) is 10.7. The van der Waals surface area contributed by atoms with Gasteiger partial charge in [-0.15, -0.1) is 0 Å². The summed E-state index contributed by atoms with van der Waals surface area (Å²) in [5.74, 6) is -0.0549. The molecule has 96 valence electrons. The molecule has 17 heavy (non-hydrogen) atoms. The summed E-state index contributed by atoms with van der Waals surface area (Å²) in [6.45, 7) is 6.02. The second kappa shape index (κ2) is 6.59. The van der Waals surface area contributed by atoms with Crippen LogP contribution in [0.25, 0.3) is 0 Å². The number of rotatable bonds is 6. The van der Waals surface area contributed by atoms with Crippen molar-refractivity contribution in [3.8, 4) is 0 Å². The molecular formula is C12H21N3OS. The maximum absolute atomic E-state index is 11.9. The zero-order chi connectivity index (χ0) is 12.8. The largest absolute Gasteiger partial charge is 0.375 e. The summed E-state index contributed by atoms with van der Waals surface area (Å²) in [7, 11) is 0. The number of nitrogens with one attached hydrogen (secondary N) is 1. The molecule has 0 bridgehead atoms. The van der Waals surface area contributed by atoms with E-state index in [1.807, 2.05) is 13.8 Å². The van der Waals surface area contributed by atoms with Crippen LogP contribution in [0.4, 0.5) is 5.13 Å². The molecule has 1 aromatic heterocycles. The molecular weight excluding hydrogens is 234 g/mol. The first kappa shape index (κ1) is 14.0. The maximum atomic E-state index is 11.9. The van der Waals surface area contributed by atoms with Gasteiger partial charge in [-0.1, -0.05) is 37.5 Å². The minimum Gasteiger partial charge on any atom is -0.375 e. The van der Waals surface area contributed by atoms with E-state index < -0.39 is 0 Å². The van der Waals surface area contributed by atoms with Gasteiger partial charge in [0.2, 0.25) is 0 Å². The summed E-state index contributed by atoms with van der Waals surface area (Å²) in [5.41, 5.74) is 6.29. The number of carbonyl (C=O) groups excluding carboxylic acids is 1. The van der Waals surface area contributed by atoms with Gasteiger partial charge in [0.1, 0.15) is 4.88 Å². The van der Waals surface area contributed by atoms with E-state index in [9.17, 15) is 4.79 Å². The van der Waals surface area contributed by atoms with Crippen LogP contribution in [0.1, 0.15) is 54.9 Å². The van der Waals surface area contributed by atoms with Crippen molar-refractivity contribution >= 4 is 22.4 Å². The van der Waals surface area contributed by atoms with Crippen molar-refractivity contribution in [2.45, 2.75) is 52.5 Å². The minimum atomic E-state index is -0.0549. The Hall–Kier alpha value is -1.10. The lowest BCUT2D eigenvalue weighted by Crippen LogP contribution is -2.32. The first-order valence-corrected chi connectivity index (χ1v) is 6.90. The Labute approximate surface area is 107 Å². The number of anilines is 1. The molecule has 0 radical (unpaired) electrons. The first-order chi connectivity index (χ1) is 8.04. The lowest BCUT2D eigenvalue weighted by Gasteiger charge is -2.12. The molecule has 3 N–H and O–H groups in total. The summed E-state index contributed by atoms with van der Waals surface area (Å²) >= 11 is 1.25. The smallest absolute Gasteiger partial charge is 0.263 e. The summed E-state index contributed by atoms with van der Waals surface area (Å²) in [4.78, 5) is 16.6. The Balaban J connectivity index is 2.46. The highest BCUT2D eigenvalue weighted by atomic mass is 32.1. The topological polar surface area (TPSA) is 68.0 Å². The van der Waals surface area contributed by atoms with Crippen molar-refractivity contribution < 1.29 is 4.79 Å². The standard InChI is InChI=1S/C12H21N3OS/c1-4-5-6-7-8(2)14-11(16)10-9(3)15-12(13)17-10/h8H,4-7H2,1-3H3,(H2,13,15)(H,14,16). The monoisotopic (exact) mass is 255 g/mol. The SMILES string of the molecule is CCCCCC(C)NC(=O)c1sc(N)nc1C. The molecule has 1 unspecified atom stereocenters. The predicted molar refractivity (Wildman–Crippen MR) is 72.3 cm³/mol. The minimum absolute atomic E-state index is 0.0549. The number of aromatic nitrogens is 1. The highest BCUT2D eigenvalue weighted by molar-refractivity contribution is 7.17. The molecule has 0 aromatic carbocycles. The van der Waals surface area contributed by atoms with Crippen LogP contribution in [-0.2, 0) is 0 Å². The molecule has 1 atom stereocenters. The van der Waals surface area contributed by atoms with Crippen molar-refractivity contribution in [2.24, 2.45) is 0 Å². The average Bonchev–Trinajstić information content (AvgIpc) is 2.58. The molecule has 1 rings (SSSR count). The van der Waals surface area contributed by atoms with Crippen LogP contribution >= 0.6 is 11.3 Å².